The van der Waals surface area contributed by atoms with Gasteiger partial charge < -0.3 is 15.6 Å². The van der Waals surface area contributed by atoms with Crippen molar-refractivity contribution < 1.29 is 14.6 Å². The van der Waals surface area contributed by atoms with Crippen molar-refractivity contribution in [1.29, 1.82) is 0 Å². The van der Waals surface area contributed by atoms with Gasteiger partial charge in [0.25, 0.3) is 5.91 Å². The fraction of sp³-hybridized carbons (Fsp3) is 0.625. The number of aliphatic hydroxyl groups excluding tert-OH is 1. The van der Waals surface area contributed by atoms with E-state index in [-0.39, 0.29) is 24.9 Å². The Morgan fingerprint density at radius 3 is 2.87 bits per heavy atom. The predicted octanol–water partition coefficient (Wildman–Crippen LogP) is -0.923. The Morgan fingerprint density at radius 1 is 1.73 bits per heavy atom. The molecule has 1 amide bonds. The lowest BCUT2D eigenvalue weighted by molar-refractivity contribution is 0.0957. The van der Waals surface area contributed by atoms with Crippen LogP contribution in [-0.4, -0.2) is 39.7 Å². The minimum absolute atomic E-state index is 0.0813. The number of aliphatic hydroxyl groups is 1. The minimum Gasteiger partial charge on any atom is -0.394 e. The first kappa shape index (κ1) is 11.6. The van der Waals surface area contributed by atoms with E-state index in [1.54, 1.807) is 6.92 Å². The number of aromatic nitrogens is 3. The Hall–Kier alpha value is -1.47. The Balaban J connectivity index is 3.13. The van der Waals surface area contributed by atoms with Crippen LogP contribution in [0.1, 0.15) is 29.2 Å². The molecule has 1 aromatic rings. The molecule has 0 spiro atoms. The van der Waals surface area contributed by atoms with Gasteiger partial charge in [0, 0.05) is 7.11 Å². The van der Waals surface area contributed by atoms with Crippen LogP contribution in [0.3, 0.4) is 0 Å². The maximum Gasteiger partial charge on any atom is 0.271 e. The highest BCUT2D eigenvalue weighted by Gasteiger charge is 2.21. The number of hydrogen-bond acceptors (Lipinski definition) is 5. The third-order valence-corrected chi connectivity index (χ3v) is 2.06. The van der Waals surface area contributed by atoms with Crippen LogP contribution >= 0.6 is 0 Å². The summed E-state index contributed by atoms with van der Waals surface area (Å²) in [7, 11) is 1.51. The van der Waals surface area contributed by atoms with Crippen molar-refractivity contribution in [3.05, 3.63) is 11.4 Å². The molecule has 0 aliphatic carbocycles. The van der Waals surface area contributed by atoms with E-state index in [4.69, 9.17) is 15.6 Å². The third kappa shape index (κ3) is 2.31. The first-order chi connectivity index (χ1) is 7.11. The summed E-state index contributed by atoms with van der Waals surface area (Å²) in [5.74, 6) is -0.655. The second kappa shape index (κ2) is 4.85. The maximum absolute atomic E-state index is 11.0. The minimum atomic E-state index is -0.655. The lowest BCUT2D eigenvalue weighted by Crippen LogP contribution is -2.18. The molecule has 0 aliphatic rings. The zero-order chi connectivity index (χ0) is 11.4. The standard InChI is InChI=1S/C8H14N4O3/c1-5(15-2)7-6(8(9)14)10-11-12(7)3-4-13/h5,13H,3-4H2,1-2H3,(H2,9,14). The van der Waals surface area contributed by atoms with Crippen LogP contribution in [0.2, 0.25) is 0 Å². The Bertz CT molecular complexity index is 350. The molecule has 1 aromatic heterocycles. The molecule has 0 aromatic carbocycles. The first-order valence-corrected chi connectivity index (χ1v) is 4.48. The van der Waals surface area contributed by atoms with Crippen molar-refractivity contribution in [3.63, 3.8) is 0 Å². The van der Waals surface area contributed by atoms with Gasteiger partial charge in [-0.15, -0.1) is 5.10 Å². The number of hydrogen-bond donors (Lipinski definition) is 2. The van der Waals surface area contributed by atoms with Gasteiger partial charge >= 0.3 is 0 Å². The number of ether oxygens (including phenoxy) is 1. The molecule has 0 aliphatic heterocycles. The van der Waals surface area contributed by atoms with Crippen LogP contribution in [0.5, 0.6) is 0 Å². The zero-order valence-corrected chi connectivity index (χ0v) is 8.67. The monoisotopic (exact) mass is 214 g/mol. The molecule has 84 valence electrons. The fourth-order valence-electron chi connectivity index (χ4n) is 1.27. The molecule has 7 nitrogen and oxygen atoms in total. The number of primary amides is 1. The van der Waals surface area contributed by atoms with E-state index in [9.17, 15) is 4.79 Å². The number of carbonyl (C=O) groups is 1. The largest absolute Gasteiger partial charge is 0.394 e. The summed E-state index contributed by atoms with van der Waals surface area (Å²) in [6, 6.07) is 0. The molecule has 1 rings (SSSR count). The van der Waals surface area contributed by atoms with Crippen LogP contribution in [0.4, 0.5) is 0 Å². The van der Waals surface area contributed by atoms with Crippen molar-refractivity contribution in [2.24, 2.45) is 5.73 Å². The van der Waals surface area contributed by atoms with Gasteiger partial charge in [-0.3, -0.25) is 4.79 Å². The number of carbonyl (C=O) groups excluding carboxylic acids is 1. The van der Waals surface area contributed by atoms with Gasteiger partial charge in [-0.1, -0.05) is 5.21 Å². The van der Waals surface area contributed by atoms with Gasteiger partial charge in [0.1, 0.15) is 5.69 Å². The van der Waals surface area contributed by atoms with Crippen LogP contribution in [-0.2, 0) is 11.3 Å². The van der Waals surface area contributed by atoms with Gasteiger partial charge in [0.2, 0.25) is 0 Å². The lowest BCUT2D eigenvalue weighted by Gasteiger charge is -2.11. The molecule has 1 unspecified atom stereocenters. The topological polar surface area (TPSA) is 103 Å². The molecule has 7 heteroatoms. The number of nitrogens with two attached hydrogens (primary N) is 1. The number of amides is 1. The molecule has 0 radical (unpaired) electrons. The summed E-state index contributed by atoms with van der Waals surface area (Å²) >= 11 is 0. The maximum atomic E-state index is 11.0. The van der Waals surface area contributed by atoms with E-state index in [1.165, 1.54) is 11.8 Å². The highest BCUT2D eigenvalue weighted by Crippen LogP contribution is 2.18. The Morgan fingerprint density at radius 2 is 2.40 bits per heavy atom. The van der Waals surface area contributed by atoms with Crippen LogP contribution in [0, 0.1) is 0 Å². The van der Waals surface area contributed by atoms with Crippen molar-refractivity contribution in [1.82, 2.24) is 15.0 Å². The second-order valence-corrected chi connectivity index (χ2v) is 3.01. The van der Waals surface area contributed by atoms with E-state index >= 15 is 0 Å². The normalized spacial score (nSPS) is 12.7. The number of methoxy groups -OCH3 is 1. The van der Waals surface area contributed by atoms with E-state index < -0.39 is 5.91 Å². The summed E-state index contributed by atoms with van der Waals surface area (Å²) in [5.41, 5.74) is 5.71. The molecule has 0 bridgehead atoms. The zero-order valence-electron chi connectivity index (χ0n) is 8.67. The molecule has 1 atom stereocenters. The van der Waals surface area contributed by atoms with Crippen molar-refractivity contribution in [2.75, 3.05) is 13.7 Å². The lowest BCUT2D eigenvalue weighted by atomic mass is 10.2. The number of nitrogens with zero attached hydrogens (tertiary/aromatic N) is 3. The molecule has 3 N–H and O–H groups in total. The van der Waals surface area contributed by atoms with Gasteiger partial charge in [0.15, 0.2) is 5.69 Å². The molecule has 1 heterocycles. The highest BCUT2D eigenvalue weighted by atomic mass is 16.5. The average molecular weight is 214 g/mol. The Kier molecular flexibility index (Phi) is 3.75. The van der Waals surface area contributed by atoms with E-state index in [1.807, 2.05) is 0 Å². The van der Waals surface area contributed by atoms with E-state index in [0.29, 0.717) is 5.69 Å². The van der Waals surface area contributed by atoms with Gasteiger partial charge in [-0.25, -0.2) is 4.68 Å². The molecular formula is C8H14N4O3. The summed E-state index contributed by atoms with van der Waals surface area (Å²) in [6.07, 6.45) is -0.353. The van der Waals surface area contributed by atoms with Crippen LogP contribution in [0.15, 0.2) is 0 Å². The average Bonchev–Trinajstić information content (AvgIpc) is 2.61. The number of rotatable bonds is 5. The Labute approximate surface area is 86.8 Å². The van der Waals surface area contributed by atoms with Crippen LogP contribution < -0.4 is 5.73 Å². The van der Waals surface area contributed by atoms with E-state index in [2.05, 4.69) is 10.3 Å². The summed E-state index contributed by atoms with van der Waals surface area (Å²) in [4.78, 5) is 11.0. The highest BCUT2D eigenvalue weighted by molar-refractivity contribution is 5.91. The van der Waals surface area contributed by atoms with Gasteiger partial charge in [-0.05, 0) is 6.92 Å². The molecule has 0 fully saturated rings. The summed E-state index contributed by atoms with van der Waals surface area (Å²) in [6.45, 7) is 1.91. The molecule has 15 heavy (non-hydrogen) atoms. The second-order valence-electron chi connectivity index (χ2n) is 3.01. The van der Waals surface area contributed by atoms with E-state index in [0.717, 1.165) is 0 Å². The predicted molar refractivity (Wildman–Crippen MR) is 51.0 cm³/mol. The summed E-state index contributed by atoms with van der Waals surface area (Å²) in [5, 5.41) is 16.2. The first-order valence-electron chi connectivity index (χ1n) is 4.48. The molecular weight excluding hydrogens is 200 g/mol. The van der Waals surface area contributed by atoms with Crippen molar-refractivity contribution >= 4 is 5.91 Å². The SMILES string of the molecule is COC(C)c1c(C(N)=O)nnn1CCO. The smallest absolute Gasteiger partial charge is 0.271 e. The summed E-state index contributed by atoms with van der Waals surface area (Å²) < 4.78 is 6.49. The van der Waals surface area contributed by atoms with Gasteiger partial charge in [0.05, 0.1) is 19.3 Å². The fourth-order valence-corrected chi connectivity index (χ4v) is 1.27. The third-order valence-electron chi connectivity index (χ3n) is 2.06. The van der Waals surface area contributed by atoms with Crippen LogP contribution in [0.25, 0.3) is 0 Å². The quantitative estimate of drug-likeness (QED) is 0.659. The van der Waals surface area contributed by atoms with Crippen molar-refractivity contribution in [3.8, 4) is 0 Å². The molecule has 0 saturated carbocycles. The van der Waals surface area contributed by atoms with Gasteiger partial charge in [-0.2, -0.15) is 0 Å². The van der Waals surface area contributed by atoms with Crippen molar-refractivity contribution in [2.45, 2.75) is 19.6 Å². The molecule has 0 saturated heterocycles.